The van der Waals surface area contributed by atoms with Crippen molar-refractivity contribution in [3.63, 3.8) is 0 Å². The van der Waals surface area contributed by atoms with Gasteiger partial charge in [-0.05, 0) is 49.1 Å². The highest BCUT2D eigenvalue weighted by atomic mass is 32.2. The number of anilines is 1. The molecule has 0 radical (unpaired) electrons. The summed E-state index contributed by atoms with van der Waals surface area (Å²) < 4.78 is 2.05. The zero-order valence-corrected chi connectivity index (χ0v) is 18.8. The molecule has 0 fully saturated rings. The van der Waals surface area contributed by atoms with Crippen LogP contribution in [0.4, 0.5) is 5.69 Å². The lowest BCUT2D eigenvalue weighted by Gasteiger charge is -2.16. The van der Waals surface area contributed by atoms with Gasteiger partial charge >= 0.3 is 0 Å². The van der Waals surface area contributed by atoms with Crippen LogP contribution in [0.2, 0.25) is 0 Å². The van der Waals surface area contributed by atoms with Crippen LogP contribution in [0.25, 0.3) is 11.4 Å². The van der Waals surface area contributed by atoms with Gasteiger partial charge in [-0.2, -0.15) is 0 Å². The molecule has 0 saturated carbocycles. The van der Waals surface area contributed by atoms with E-state index in [4.69, 9.17) is 0 Å². The lowest BCUT2D eigenvalue weighted by molar-refractivity contribution is -0.115. The van der Waals surface area contributed by atoms with Gasteiger partial charge < -0.3 is 9.88 Å². The highest BCUT2D eigenvalue weighted by molar-refractivity contribution is 8.00. The second-order valence-electron chi connectivity index (χ2n) is 7.45. The Morgan fingerprint density at radius 2 is 1.77 bits per heavy atom. The van der Waals surface area contributed by atoms with Crippen molar-refractivity contribution >= 4 is 23.4 Å². The molecule has 158 valence electrons. The third kappa shape index (κ3) is 5.27. The summed E-state index contributed by atoms with van der Waals surface area (Å²) in [4.78, 5) is 17.1. The van der Waals surface area contributed by atoms with E-state index in [0.29, 0.717) is 5.92 Å². The monoisotopic (exact) mass is 423 g/mol. The molecular formula is C23H29N5OS. The minimum absolute atomic E-state index is 0.00439. The van der Waals surface area contributed by atoms with Gasteiger partial charge in [0.2, 0.25) is 5.91 Å². The Labute approximate surface area is 182 Å². The van der Waals surface area contributed by atoms with E-state index in [0.717, 1.165) is 41.6 Å². The second kappa shape index (κ2) is 10.4. The van der Waals surface area contributed by atoms with E-state index in [9.17, 15) is 4.79 Å². The lowest BCUT2D eigenvalue weighted by Crippen LogP contribution is -2.25. The van der Waals surface area contributed by atoms with Crippen molar-refractivity contribution < 1.29 is 4.79 Å². The third-order valence-corrected chi connectivity index (χ3v) is 6.15. The van der Waals surface area contributed by atoms with Gasteiger partial charge in [-0.25, -0.2) is 0 Å². The first-order valence-corrected chi connectivity index (χ1v) is 11.3. The molecule has 1 unspecified atom stereocenters. The first-order valence-electron chi connectivity index (χ1n) is 10.4. The van der Waals surface area contributed by atoms with Crippen LogP contribution in [0.15, 0.2) is 53.9 Å². The summed E-state index contributed by atoms with van der Waals surface area (Å²) in [5.41, 5.74) is 3.04. The average Bonchev–Trinajstić information content (AvgIpc) is 3.17. The summed E-state index contributed by atoms with van der Waals surface area (Å²) in [5, 5.41) is 12.3. The molecule has 0 bridgehead atoms. The summed E-state index contributed by atoms with van der Waals surface area (Å²) in [6, 6.07) is 11.9. The Morgan fingerprint density at radius 1 is 1.07 bits per heavy atom. The van der Waals surface area contributed by atoms with Crippen molar-refractivity contribution in [1.29, 1.82) is 0 Å². The molecule has 3 rings (SSSR count). The van der Waals surface area contributed by atoms with Crippen LogP contribution in [0.3, 0.4) is 0 Å². The van der Waals surface area contributed by atoms with Crippen molar-refractivity contribution in [2.75, 3.05) is 5.32 Å². The van der Waals surface area contributed by atoms with Gasteiger partial charge in [0, 0.05) is 30.2 Å². The lowest BCUT2D eigenvalue weighted by atomic mass is 10.0. The number of rotatable bonds is 9. The van der Waals surface area contributed by atoms with Crippen LogP contribution in [0.1, 0.15) is 52.0 Å². The summed E-state index contributed by atoms with van der Waals surface area (Å²) in [6.07, 6.45) is 5.17. The number of hydrogen-bond donors (Lipinski definition) is 1. The molecule has 0 spiro atoms. The van der Waals surface area contributed by atoms with Crippen molar-refractivity contribution in [1.82, 2.24) is 19.7 Å². The SMILES string of the molecule is CCCC(Sc1nnc(-c2ccncc2)n1CC)C(=O)Nc1ccc(C(C)C)cc1. The second-order valence-corrected chi connectivity index (χ2v) is 8.62. The maximum atomic E-state index is 13.0. The van der Waals surface area contributed by atoms with Gasteiger partial charge in [-0.1, -0.05) is 51.1 Å². The molecule has 1 aromatic carbocycles. The fourth-order valence-corrected chi connectivity index (χ4v) is 4.39. The normalized spacial score (nSPS) is 12.2. The van der Waals surface area contributed by atoms with Gasteiger partial charge in [0.25, 0.3) is 0 Å². The molecule has 7 heteroatoms. The van der Waals surface area contributed by atoms with Crippen molar-refractivity contribution in [2.24, 2.45) is 0 Å². The maximum absolute atomic E-state index is 13.0. The zero-order chi connectivity index (χ0) is 21.5. The van der Waals surface area contributed by atoms with Crippen LogP contribution in [-0.4, -0.2) is 30.9 Å². The molecule has 2 heterocycles. The summed E-state index contributed by atoms with van der Waals surface area (Å²) >= 11 is 1.48. The van der Waals surface area contributed by atoms with Gasteiger partial charge in [0.1, 0.15) is 0 Å². The first kappa shape index (κ1) is 22.0. The van der Waals surface area contributed by atoms with Crippen LogP contribution < -0.4 is 5.32 Å². The van der Waals surface area contributed by atoms with Crippen LogP contribution >= 0.6 is 11.8 Å². The van der Waals surface area contributed by atoms with Crippen LogP contribution in [0, 0.1) is 0 Å². The Morgan fingerprint density at radius 3 is 2.37 bits per heavy atom. The predicted octanol–water partition coefficient (Wildman–Crippen LogP) is 5.38. The van der Waals surface area contributed by atoms with Gasteiger partial charge in [0.05, 0.1) is 5.25 Å². The van der Waals surface area contributed by atoms with E-state index in [1.54, 1.807) is 12.4 Å². The van der Waals surface area contributed by atoms with Gasteiger partial charge in [-0.3, -0.25) is 9.78 Å². The van der Waals surface area contributed by atoms with E-state index in [2.05, 4.69) is 60.3 Å². The minimum atomic E-state index is -0.237. The topological polar surface area (TPSA) is 72.7 Å². The van der Waals surface area contributed by atoms with E-state index in [1.807, 2.05) is 28.8 Å². The number of nitrogens with one attached hydrogen (secondary N) is 1. The molecule has 0 saturated heterocycles. The average molecular weight is 424 g/mol. The number of pyridine rings is 1. The number of thioether (sulfide) groups is 1. The van der Waals surface area contributed by atoms with E-state index in [1.165, 1.54) is 17.3 Å². The van der Waals surface area contributed by atoms with Gasteiger partial charge in [-0.15, -0.1) is 10.2 Å². The van der Waals surface area contributed by atoms with E-state index in [-0.39, 0.29) is 11.2 Å². The Kier molecular flexibility index (Phi) is 7.63. The molecule has 0 aliphatic heterocycles. The smallest absolute Gasteiger partial charge is 0.237 e. The summed E-state index contributed by atoms with van der Waals surface area (Å²) in [6.45, 7) is 9.19. The standard InChI is InChI=1S/C23H29N5OS/c1-5-7-20(22(29)25-19-10-8-17(9-11-19)16(3)4)30-23-27-26-21(28(23)6-2)18-12-14-24-15-13-18/h8-16,20H,5-7H2,1-4H3,(H,25,29). The number of benzene rings is 1. The van der Waals surface area contributed by atoms with Gasteiger partial charge in [0.15, 0.2) is 11.0 Å². The fraction of sp³-hybridized carbons (Fsp3) is 0.391. The number of nitrogens with zero attached hydrogens (tertiary/aromatic N) is 4. The molecule has 30 heavy (non-hydrogen) atoms. The Hall–Kier alpha value is -2.67. The zero-order valence-electron chi connectivity index (χ0n) is 18.0. The molecule has 1 amide bonds. The Balaban J connectivity index is 1.76. The molecule has 1 atom stereocenters. The number of aromatic nitrogens is 4. The summed E-state index contributed by atoms with van der Waals surface area (Å²) in [7, 11) is 0. The number of amides is 1. The third-order valence-electron chi connectivity index (χ3n) is 4.91. The maximum Gasteiger partial charge on any atom is 0.237 e. The quantitative estimate of drug-likeness (QED) is 0.468. The number of hydrogen-bond acceptors (Lipinski definition) is 5. The van der Waals surface area contributed by atoms with E-state index < -0.39 is 0 Å². The van der Waals surface area contributed by atoms with E-state index >= 15 is 0 Å². The predicted molar refractivity (Wildman–Crippen MR) is 123 cm³/mol. The molecule has 3 aromatic rings. The molecule has 0 aliphatic carbocycles. The largest absolute Gasteiger partial charge is 0.325 e. The molecule has 2 aromatic heterocycles. The minimum Gasteiger partial charge on any atom is -0.325 e. The highest BCUT2D eigenvalue weighted by Gasteiger charge is 2.23. The van der Waals surface area contributed by atoms with Crippen LogP contribution in [0.5, 0.6) is 0 Å². The number of carbonyl (C=O) groups is 1. The highest BCUT2D eigenvalue weighted by Crippen LogP contribution is 2.29. The Bertz CT molecular complexity index is 953. The fourth-order valence-electron chi connectivity index (χ4n) is 3.18. The van der Waals surface area contributed by atoms with Crippen molar-refractivity contribution in [2.45, 2.75) is 63.4 Å². The molecular weight excluding hydrogens is 394 g/mol. The number of carbonyl (C=O) groups excluding carboxylic acids is 1. The van der Waals surface area contributed by atoms with Crippen molar-refractivity contribution in [3.05, 3.63) is 54.4 Å². The summed E-state index contributed by atoms with van der Waals surface area (Å²) in [5.74, 6) is 1.26. The molecule has 0 aliphatic rings. The van der Waals surface area contributed by atoms with Crippen LogP contribution in [-0.2, 0) is 11.3 Å². The molecule has 1 N–H and O–H groups in total. The molecule has 6 nitrogen and oxygen atoms in total. The van der Waals surface area contributed by atoms with Crippen molar-refractivity contribution in [3.8, 4) is 11.4 Å². The first-order chi connectivity index (χ1) is 14.5.